The van der Waals surface area contributed by atoms with Gasteiger partial charge in [-0.05, 0) is 31.0 Å². The van der Waals surface area contributed by atoms with Crippen molar-refractivity contribution in [1.29, 1.82) is 0 Å². The molecule has 1 aromatic rings. The average Bonchev–Trinajstić information content (AvgIpc) is 2.92. The van der Waals surface area contributed by atoms with Crippen LogP contribution < -0.4 is 16.4 Å². The van der Waals surface area contributed by atoms with Crippen molar-refractivity contribution in [1.82, 2.24) is 10.6 Å². The molecule has 0 aromatic heterocycles. The first-order valence-corrected chi connectivity index (χ1v) is 8.19. The summed E-state index contributed by atoms with van der Waals surface area (Å²) in [6.45, 7) is 0. The van der Waals surface area contributed by atoms with Gasteiger partial charge in [-0.2, -0.15) is 0 Å². The number of nitrogens with one attached hydrogen (secondary N) is 2. The van der Waals surface area contributed by atoms with Crippen LogP contribution in [-0.4, -0.2) is 23.7 Å². The second-order valence-corrected chi connectivity index (χ2v) is 6.41. The molecule has 4 N–H and O–H groups in total. The van der Waals surface area contributed by atoms with Crippen molar-refractivity contribution in [2.24, 2.45) is 0 Å². The van der Waals surface area contributed by atoms with Crippen LogP contribution >= 0.6 is 23.4 Å². The molecule has 7 heteroatoms. The Morgan fingerprint density at radius 1 is 1.33 bits per heavy atom. The van der Waals surface area contributed by atoms with Gasteiger partial charge in [-0.15, -0.1) is 11.8 Å². The van der Waals surface area contributed by atoms with Gasteiger partial charge in [-0.1, -0.05) is 24.4 Å². The van der Waals surface area contributed by atoms with Gasteiger partial charge in [0.25, 0.3) is 0 Å². The van der Waals surface area contributed by atoms with Gasteiger partial charge in [0.2, 0.25) is 5.91 Å². The maximum atomic E-state index is 11.7. The molecule has 1 aromatic carbocycles. The molecule has 114 valence electrons. The fourth-order valence-corrected chi connectivity index (χ4v) is 3.29. The van der Waals surface area contributed by atoms with E-state index < -0.39 is 6.03 Å². The smallest absolute Gasteiger partial charge is 0.321 e. The van der Waals surface area contributed by atoms with E-state index in [1.54, 1.807) is 18.2 Å². The van der Waals surface area contributed by atoms with Crippen LogP contribution in [0.4, 0.5) is 10.5 Å². The summed E-state index contributed by atoms with van der Waals surface area (Å²) in [7, 11) is 0. The summed E-state index contributed by atoms with van der Waals surface area (Å²) in [4.78, 5) is 24.1. The third-order valence-corrected chi connectivity index (χ3v) is 4.75. The maximum Gasteiger partial charge on any atom is 0.321 e. The van der Waals surface area contributed by atoms with E-state index in [1.807, 2.05) is 0 Å². The monoisotopic (exact) mass is 327 g/mol. The molecule has 2 rings (SSSR count). The first-order valence-electron chi connectivity index (χ1n) is 6.83. The number of carbonyl (C=O) groups is 2. The zero-order valence-corrected chi connectivity index (χ0v) is 13.1. The van der Waals surface area contributed by atoms with Crippen LogP contribution in [0.5, 0.6) is 0 Å². The highest BCUT2D eigenvalue weighted by Crippen LogP contribution is 2.28. The predicted octanol–water partition coefficient (Wildman–Crippen LogP) is 2.78. The lowest BCUT2D eigenvalue weighted by molar-refractivity contribution is -0.117. The molecular formula is C14H18ClN3O2S. The molecule has 3 amide bonds. The molecule has 0 spiro atoms. The minimum atomic E-state index is -0.425. The molecule has 0 aliphatic heterocycles. The normalized spacial score (nSPS) is 14.9. The van der Waals surface area contributed by atoms with Crippen LogP contribution in [0, 0.1) is 0 Å². The zero-order chi connectivity index (χ0) is 15.2. The number of nitrogens with two attached hydrogens (primary N) is 1. The Morgan fingerprint density at radius 3 is 2.76 bits per heavy atom. The molecule has 0 heterocycles. The largest absolute Gasteiger partial charge is 0.399 e. The Morgan fingerprint density at radius 2 is 2.05 bits per heavy atom. The molecule has 5 nitrogen and oxygen atoms in total. The van der Waals surface area contributed by atoms with Crippen LogP contribution in [-0.2, 0) is 4.79 Å². The van der Waals surface area contributed by atoms with Crippen molar-refractivity contribution >= 4 is 41.0 Å². The molecule has 0 radical (unpaired) electrons. The molecule has 0 unspecified atom stereocenters. The van der Waals surface area contributed by atoms with Crippen molar-refractivity contribution in [3.05, 3.63) is 23.2 Å². The fourth-order valence-electron chi connectivity index (χ4n) is 2.23. The van der Waals surface area contributed by atoms with Crippen LogP contribution in [0.2, 0.25) is 5.02 Å². The van der Waals surface area contributed by atoms with Gasteiger partial charge in [0.1, 0.15) is 0 Å². The number of imide groups is 1. The summed E-state index contributed by atoms with van der Waals surface area (Å²) < 4.78 is 0. The zero-order valence-electron chi connectivity index (χ0n) is 11.5. The summed E-state index contributed by atoms with van der Waals surface area (Å²) in [6.07, 6.45) is 4.22. The van der Waals surface area contributed by atoms with E-state index >= 15 is 0 Å². The number of urea groups is 1. The van der Waals surface area contributed by atoms with Gasteiger partial charge in [0, 0.05) is 16.6 Å². The van der Waals surface area contributed by atoms with Crippen LogP contribution in [0.25, 0.3) is 0 Å². The summed E-state index contributed by atoms with van der Waals surface area (Å²) in [5.74, 6) is -0.240. The van der Waals surface area contributed by atoms with Gasteiger partial charge in [0.05, 0.1) is 10.8 Å². The molecule has 21 heavy (non-hydrogen) atoms. The van der Waals surface area contributed by atoms with Crippen molar-refractivity contribution in [3.8, 4) is 0 Å². The lowest BCUT2D eigenvalue weighted by Gasteiger charge is -2.12. The Balaban J connectivity index is 1.76. The average molecular weight is 328 g/mol. The first-order chi connectivity index (χ1) is 10.0. The van der Waals surface area contributed by atoms with Crippen LogP contribution in [0.15, 0.2) is 23.1 Å². The van der Waals surface area contributed by atoms with Gasteiger partial charge >= 0.3 is 6.03 Å². The number of rotatable bonds is 4. The molecule has 1 aliphatic rings. The number of hydrogen-bond donors (Lipinski definition) is 3. The number of thioether (sulfide) groups is 1. The van der Waals surface area contributed by atoms with E-state index in [9.17, 15) is 9.59 Å². The minimum Gasteiger partial charge on any atom is -0.399 e. The van der Waals surface area contributed by atoms with Crippen LogP contribution in [0.3, 0.4) is 0 Å². The summed E-state index contributed by atoms with van der Waals surface area (Å²) in [5.41, 5.74) is 6.25. The lowest BCUT2D eigenvalue weighted by Crippen LogP contribution is -2.44. The van der Waals surface area contributed by atoms with Gasteiger partial charge in [-0.3, -0.25) is 10.1 Å². The molecule has 1 saturated carbocycles. The van der Waals surface area contributed by atoms with Gasteiger partial charge in [-0.25, -0.2) is 4.79 Å². The third-order valence-electron chi connectivity index (χ3n) is 3.26. The van der Waals surface area contributed by atoms with Crippen molar-refractivity contribution in [3.63, 3.8) is 0 Å². The number of carbonyl (C=O) groups excluding carboxylic acids is 2. The highest BCUT2D eigenvalue weighted by Gasteiger charge is 2.18. The van der Waals surface area contributed by atoms with E-state index in [0.29, 0.717) is 10.7 Å². The van der Waals surface area contributed by atoms with Gasteiger partial charge in [0.15, 0.2) is 0 Å². The number of hydrogen-bond acceptors (Lipinski definition) is 4. The Bertz CT molecular complexity index is 533. The number of halogens is 1. The highest BCUT2D eigenvalue weighted by atomic mass is 35.5. The van der Waals surface area contributed by atoms with E-state index in [2.05, 4.69) is 10.6 Å². The highest BCUT2D eigenvalue weighted by molar-refractivity contribution is 8.00. The topological polar surface area (TPSA) is 84.2 Å². The summed E-state index contributed by atoms with van der Waals surface area (Å²) in [6, 6.07) is 4.85. The van der Waals surface area contributed by atoms with Crippen LogP contribution in [0.1, 0.15) is 25.7 Å². The quantitative estimate of drug-likeness (QED) is 0.586. The van der Waals surface area contributed by atoms with Crippen molar-refractivity contribution in [2.75, 3.05) is 11.5 Å². The van der Waals surface area contributed by atoms with Crippen molar-refractivity contribution in [2.45, 2.75) is 36.6 Å². The molecule has 0 saturated heterocycles. The second kappa shape index (κ2) is 7.56. The molecule has 1 fully saturated rings. The molecular weight excluding hydrogens is 310 g/mol. The maximum absolute atomic E-state index is 11.7. The standard InChI is InChI=1S/C14H18ClN3O2S/c15-11-6-5-9(16)7-12(11)21-8-13(19)18-14(20)17-10-3-1-2-4-10/h5-7,10H,1-4,8,16H2,(H2,17,18,19,20). The SMILES string of the molecule is Nc1ccc(Cl)c(SCC(=O)NC(=O)NC2CCCC2)c1. The summed E-state index contributed by atoms with van der Waals surface area (Å²) in [5, 5.41) is 5.67. The fraction of sp³-hybridized carbons (Fsp3) is 0.429. The van der Waals surface area contributed by atoms with E-state index in [4.69, 9.17) is 17.3 Å². The number of amides is 3. The second-order valence-electron chi connectivity index (χ2n) is 4.98. The predicted molar refractivity (Wildman–Crippen MR) is 85.5 cm³/mol. The summed E-state index contributed by atoms with van der Waals surface area (Å²) >= 11 is 7.26. The molecule has 0 bridgehead atoms. The van der Waals surface area contributed by atoms with E-state index in [0.717, 1.165) is 30.6 Å². The first kappa shape index (κ1) is 16.0. The lowest BCUT2D eigenvalue weighted by atomic mass is 10.2. The Kier molecular flexibility index (Phi) is 5.76. The van der Waals surface area contributed by atoms with Crippen molar-refractivity contribution < 1.29 is 9.59 Å². The van der Waals surface area contributed by atoms with E-state index in [1.165, 1.54) is 11.8 Å². The van der Waals surface area contributed by atoms with E-state index in [-0.39, 0.29) is 17.7 Å². The Hall–Kier alpha value is -1.40. The Labute approximate surface area is 133 Å². The number of anilines is 1. The number of nitrogen functional groups attached to an aromatic ring is 1. The third kappa shape index (κ3) is 5.13. The van der Waals surface area contributed by atoms with Gasteiger partial charge < -0.3 is 11.1 Å². The molecule has 1 aliphatic carbocycles. The number of benzene rings is 1. The minimum absolute atomic E-state index is 0.112. The molecule has 0 atom stereocenters.